The zero-order valence-corrected chi connectivity index (χ0v) is 24.7. The highest BCUT2D eigenvalue weighted by Crippen LogP contribution is 2.47. The Morgan fingerprint density at radius 3 is 2.45 bits per heavy atom. The highest BCUT2D eigenvalue weighted by molar-refractivity contribution is 7.92. The van der Waals surface area contributed by atoms with Gasteiger partial charge in [0.1, 0.15) is 11.4 Å². The Balaban J connectivity index is 1.66. The molecule has 40 heavy (non-hydrogen) atoms. The monoisotopic (exact) mass is 565 g/mol. The lowest BCUT2D eigenvalue weighted by Crippen LogP contribution is -2.43. The van der Waals surface area contributed by atoms with Gasteiger partial charge in [-0.1, -0.05) is 76.6 Å². The van der Waals surface area contributed by atoms with Crippen LogP contribution in [0.4, 0.5) is 5.69 Å². The average Bonchev–Trinajstić information content (AvgIpc) is 3.32. The molecule has 0 saturated heterocycles. The number of esters is 1. The molecule has 2 heterocycles. The van der Waals surface area contributed by atoms with Gasteiger partial charge in [-0.05, 0) is 47.9 Å². The number of aryl methyl sites for hydroxylation is 2. The number of sulfonamides is 1. The summed E-state index contributed by atoms with van der Waals surface area (Å²) in [5.74, 6) is -1.02. The first kappa shape index (κ1) is 29.4. The summed E-state index contributed by atoms with van der Waals surface area (Å²) in [6.07, 6.45) is 5.89. The number of aliphatic hydroxyl groups is 1. The molecule has 0 aliphatic carbocycles. The second kappa shape index (κ2) is 11.5. The van der Waals surface area contributed by atoms with E-state index in [-0.39, 0.29) is 22.8 Å². The molecule has 3 aromatic rings. The number of anilines is 1. The van der Waals surface area contributed by atoms with E-state index < -0.39 is 32.9 Å². The molecule has 2 N–H and O–H groups in total. The van der Waals surface area contributed by atoms with Crippen molar-refractivity contribution in [1.29, 1.82) is 0 Å². The lowest BCUT2D eigenvalue weighted by atomic mass is 9.70. The predicted molar refractivity (Wildman–Crippen MR) is 155 cm³/mol. The van der Waals surface area contributed by atoms with Crippen LogP contribution in [0.2, 0.25) is 0 Å². The quantitative estimate of drug-likeness (QED) is 0.280. The third-order valence-corrected chi connectivity index (χ3v) is 8.60. The number of hydrogen-bond donors (Lipinski definition) is 2. The normalized spacial score (nSPS) is 18.9. The molecule has 0 unspecified atom stereocenters. The number of hydrogen-bond acceptors (Lipinski definition) is 6. The first-order valence-corrected chi connectivity index (χ1v) is 15.1. The van der Waals surface area contributed by atoms with Gasteiger partial charge < -0.3 is 14.4 Å². The van der Waals surface area contributed by atoms with Gasteiger partial charge in [0.2, 0.25) is 0 Å². The molecule has 0 bridgehead atoms. The van der Waals surface area contributed by atoms with Crippen LogP contribution in [0, 0.1) is 5.41 Å². The summed E-state index contributed by atoms with van der Waals surface area (Å²) < 4.78 is 36.1. The van der Waals surface area contributed by atoms with E-state index >= 15 is 0 Å². The number of ether oxygens (including phenoxy) is 1. The van der Waals surface area contributed by atoms with Gasteiger partial charge in [0, 0.05) is 31.3 Å². The molecule has 214 valence electrons. The number of nitrogens with zero attached hydrogens (tertiary/aromatic N) is 2. The minimum atomic E-state index is -3.90. The lowest BCUT2D eigenvalue weighted by molar-refractivity contribution is -0.161. The van der Waals surface area contributed by atoms with Crippen LogP contribution in [0.3, 0.4) is 0 Å². The summed E-state index contributed by atoms with van der Waals surface area (Å²) in [5.41, 5.74) is 1.14. The number of carbonyl (C=O) groups is 1. The van der Waals surface area contributed by atoms with E-state index in [1.165, 1.54) is 12.5 Å². The second-order valence-corrected chi connectivity index (χ2v) is 13.4. The van der Waals surface area contributed by atoms with Gasteiger partial charge >= 0.3 is 5.97 Å². The van der Waals surface area contributed by atoms with E-state index in [2.05, 4.69) is 21.8 Å². The summed E-state index contributed by atoms with van der Waals surface area (Å²) in [7, 11) is -2.21. The maximum atomic E-state index is 13.7. The number of rotatable bonds is 10. The highest BCUT2D eigenvalue weighted by atomic mass is 32.2. The van der Waals surface area contributed by atoms with Crippen molar-refractivity contribution in [1.82, 2.24) is 9.55 Å². The third kappa shape index (κ3) is 6.58. The van der Waals surface area contributed by atoms with Crippen molar-refractivity contribution in [3.8, 4) is 0 Å². The predicted octanol–water partition coefficient (Wildman–Crippen LogP) is 6.28. The lowest BCUT2D eigenvalue weighted by Gasteiger charge is -2.41. The van der Waals surface area contributed by atoms with Crippen LogP contribution >= 0.6 is 0 Å². The van der Waals surface area contributed by atoms with Crippen molar-refractivity contribution in [2.75, 3.05) is 4.72 Å². The van der Waals surface area contributed by atoms with Gasteiger partial charge in [0.25, 0.3) is 10.0 Å². The molecule has 0 fully saturated rings. The fraction of sp³-hybridized carbons (Fsp3) is 0.419. The number of aromatic nitrogens is 2. The van der Waals surface area contributed by atoms with Crippen molar-refractivity contribution < 1.29 is 23.1 Å². The highest BCUT2D eigenvalue weighted by Gasteiger charge is 2.46. The zero-order chi connectivity index (χ0) is 29.1. The Bertz CT molecular complexity index is 1490. The summed E-state index contributed by atoms with van der Waals surface area (Å²) in [5, 5.41) is 11.4. The molecular weight excluding hydrogens is 526 g/mol. The van der Waals surface area contributed by atoms with Crippen molar-refractivity contribution in [2.24, 2.45) is 12.5 Å². The van der Waals surface area contributed by atoms with E-state index in [1.807, 2.05) is 52.0 Å². The zero-order valence-electron chi connectivity index (χ0n) is 23.8. The van der Waals surface area contributed by atoms with Crippen molar-refractivity contribution in [3.05, 3.63) is 89.6 Å². The van der Waals surface area contributed by atoms with E-state index in [4.69, 9.17) is 4.74 Å². The maximum Gasteiger partial charge on any atom is 0.338 e. The van der Waals surface area contributed by atoms with Crippen molar-refractivity contribution in [3.63, 3.8) is 0 Å². The molecule has 1 aliphatic rings. The Kier molecular flexibility index (Phi) is 8.44. The number of imidazole rings is 1. The van der Waals surface area contributed by atoms with Crippen LogP contribution in [-0.4, -0.2) is 34.6 Å². The van der Waals surface area contributed by atoms with Crippen LogP contribution in [0.25, 0.3) is 0 Å². The fourth-order valence-corrected chi connectivity index (χ4v) is 6.62. The minimum Gasteiger partial charge on any atom is -0.512 e. The molecule has 0 radical (unpaired) electrons. The molecule has 1 aliphatic heterocycles. The summed E-state index contributed by atoms with van der Waals surface area (Å²) >= 11 is 0. The van der Waals surface area contributed by atoms with Crippen LogP contribution < -0.4 is 4.72 Å². The molecule has 9 heteroatoms. The van der Waals surface area contributed by atoms with Gasteiger partial charge in [0.15, 0.2) is 5.03 Å². The van der Waals surface area contributed by atoms with Gasteiger partial charge in [0.05, 0.1) is 11.9 Å². The summed E-state index contributed by atoms with van der Waals surface area (Å²) in [6, 6.07) is 17.0. The van der Waals surface area contributed by atoms with Gasteiger partial charge in [-0.25, -0.2) is 9.78 Å². The van der Waals surface area contributed by atoms with E-state index in [9.17, 15) is 18.3 Å². The summed E-state index contributed by atoms with van der Waals surface area (Å²) in [6.45, 7) is 8.00. The Morgan fingerprint density at radius 1 is 1.12 bits per heavy atom. The summed E-state index contributed by atoms with van der Waals surface area (Å²) in [4.78, 5) is 17.7. The van der Waals surface area contributed by atoms with Crippen LogP contribution in [0.1, 0.15) is 70.4 Å². The molecule has 2 atom stereocenters. The molecule has 2 aromatic carbocycles. The van der Waals surface area contributed by atoms with E-state index in [0.29, 0.717) is 24.1 Å². The number of cyclic esters (lactones) is 1. The van der Waals surface area contributed by atoms with Crippen molar-refractivity contribution >= 4 is 21.7 Å². The SMILES string of the molecule is CCC[C@@]1(CCc2ccccc2)CC(O)=C([C@@H](c2cccc(NS(=O)(=O)c3cn(C)cn3)c2)C(C)(C)C)C(=O)O1. The van der Waals surface area contributed by atoms with Crippen molar-refractivity contribution in [2.45, 2.75) is 76.3 Å². The molecule has 0 amide bonds. The standard InChI is InChI=1S/C31H39N3O5S/c1-6-16-31(17-15-22-11-8-7-9-12-22)19-25(35)27(29(36)39-31)28(30(2,3)4)23-13-10-14-24(18-23)33-40(37,38)26-20-34(5)21-32-26/h7-14,18,20-21,28,33,35H,6,15-17,19H2,1-5H3/t28-,31-/m1/s1. The first-order chi connectivity index (χ1) is 18.8. The average molecular weight is 566 g/mol. The van der Waals surface area contributed by atoms with Crippen LogP contribution in [-0.2, 0) is 33.0 Å². The third-order valence-electron chi connectivity index (χ3n) is 7.33. The van der Waals surface area contributed by atoms with Crippen LogP contribution in [0.15, 0.2) is 83.5 Å². The van der Waals surface area contributed by atoms with E-state index in [0.717, 1.165) is 18.4 Å². The topological polar surface area (TPSA) is 111 Å². The number of carbonyl (C=O) groups excluding carboxylic acids is 1. The molecule has 1 aromatic heterocycles. The molecule has 4 rings (SSSR count). The number of nitrogens with one attached hydrogen (secondary N) is 1. The molecule has 0 spiro atoms. The molecular formula is C31H39N3O5S. The van der Waals surface area contributed by atoms with Crippen LogP contribution in [0.5, 0.6) is 0 Å². The number of aliphatic hydroxyl groups excluding tert-OH is 1. The smallest absolute Gasteiger partial charge is 0.338 e. The van der Waals surface area contributed by atoms with Gasteiger partial charge in [-0.3, -0.25) is 4.72 Å². The Labute approximate surface area is 237 Å². The molecule has 0 saturated carbocycles. The Morgan fingerprint density at radius 2 is 1.85 bits per heavy atom. The maximum absolute atomic E-state index is 13.7. The minimum absolute atomic E-state index is 0.0390. The van der Waals surface area contributed by atoms with Gasteiger partial charge in [-0.15, -0.1) is 0 Å². The fourth-order valence-electron chi connectivity index (χ4n) is 5.58. The number of benzene rings is 2. The van der Waals surface area contributed by atoms with E-state index in [1.54, 1.807) is 29.8 Å². The Hall–Kier alpha value is -3.59. The van der Waals surface area contributed by atoms with Gasteiger partial charge in [-0.2, -0.15) is 8.42 Å². The molecule has 8 nitrogen and oxygen atoms in total. The largest absolute Gasteiger partial charge is 0.512 e. The first-order valence-electron chi connectivity index (χ1n) is 13.6. The second-order valence-electron chi connectivity index (χ2n) is 11.8.